The SMILES string of the molecule is CC(=O)Oc1ccc(C=C(C#N)c2nc3cc(C)c(C)cc3[nH]2)cc1. The highest BCUT2D eigenvalue weighted by molar-refractivity contribution is 5.90. The molecule has 124 valence electrons. The number of rotatable bonds is 3. The van der Waals surface area contributed by atoms with Crippen LogP contribution in [0.5, 0.6) is 5.75 Å². The molecule has 0 aliphatic rings. The van der Waals surface area contributed by atoms with Crippen LogP contribution in [0.25, 0.3) is 22.7 Å². The van der Waals surface area contributed by atoms with Gasteiger partial charge >= 0.3 is 5.97 Å². The number of hydrogen-bond acceptors (Lipinski definition) is 4. The van der Waals surface area contributed by atoms with E-state index in [0.717, 1.165) is 22.2 Å². The molecule has 0 saturated carbocycles. The molecule has 0 atom stereocenters. The van der Waals surface area contributed by atoms with E-state index in [2.05, 4.69) is 16.0 Å². The number of carbonyl (C=O) groups is 1. The first-order valence-corrected chi connectivity index (χ1v) is 7.84. The predicted molar refractivity (Wildman–Crippen MR) is 96.8 cm³/mol. The Balaban J connectivity index is 1.95. The minimum Gasteiger partial charge on any atom is -0.427 e. The van der Waals surface area contributed by atoms with E-state index in [4.69, 9.17) is 4.74 Å². The zero-order chi connectivity index (χ0) is 18.0. The van der Waals surface area contributed by atoms with E-state index in [1.165, 1.54) is 12.5 Å². The van der Waals surface area contributed by atoms with E-state index < -0.39 is 0 Å². The van der Waals surface area contributed by atoms with Gasteiger partial charge in [0.1, 0.15) is 17.6 Å². The van der Waals surface area contributed by atoms with Gasteiger partial charge in [0, 0.05) is 6.92 Å². The van der Waals surface area contributed by atoms with E-state index in [1.807, 2.05) is 26.0 Å². The molecule has 5 nitrogen and oxygen atoms in total. The highest BCUT2D eigenvalue weighted by Crippen LogP contribution is 2.22. The smallest absolute Gasteiger partial charge is 0.308 e. The van der Waals surface area contributed by atoms with E-state index >= 15 is 0 Å². The van der Waals surface area contributed by atoms with Crippen molar-refractivity contribution in [3.05, 3.63) is 58.9 Å². The summed E-state index contributed by atoms with van der Waals surface area (Å²) in [5.74, 6) is 0.637. The number of nitriles is 1. The van der Waals surface area contributed by atoms with E-state index in [-0.39, 0.29) is 5.97 Å². The van der Waals surface area contributed by atoms with Gasteiger partial charge in [0.15, 0.2) is 0 Å². The number of aromatic nitrogens is 2. The lowest BCUT2D eigenvalue weighted by atomic mass is 10.1. The Morgan fingerprint density at radius 3 is 2.52 bits per heavy atom. The highest BCUT2D eigenvalue weighted by atomic mass is 16.5. The molecule has 1 aromatic heterocycles. The number of allylic oxidation sites excluding steroid dienone is 1. The molecule has 0 bridgehead atoms. The van der Waals surface area contributed by atoms with E-state index in [9.17, 15) is 10.1 Å². The second kappa shape index (κ2) is 6.62. The number of imidazole rings is 1. The van der Waals surface area contributed by atoms with E-state index in [1.54, 1.807) is 30.3 Å². The van der Waals surface area contributed by atoms with Gasteiger partial charge in [-0.15, -0.1) is 0 Å². The summed E-state index contributed by atoms with van der Waals surface area (Å²) in [6, 6.07) is 13.2. The molecule has 1 N–H and O–H groups in total. The Morgan fingerprint density at radius 2 is 1.88 bits per heavy atom. The number of nitrogens with zero attached hydrogens (tertiary/aromatic N) is 2. The number of aromatic amines is 1. The first-order valence-electron chi connectivity index (χ1n) is 7.84. The molecule has 0 aliphatic heterocycles. The Kier molecular flexibility index (Phi) is 4.36. The van der Waals surface area contributed by atoms with Crippen LogP contribution in [0.4, 0.5) is 0 Å². The molecule has 0 aliphatic carbocycles. The maximum atomic E-state index is 11.0. The highest BCUT2D eigenvalue weighted by Gasteiger charge is 2.09. The Bertz CT molecular complexity index is 983. The lowest BCUT2D eigenvalue weighted by Crippen LogP contribution is -2.00. The maximum absolute atomic E-state index is 11.0. The van der Waals surface area contributed by atoms with Crippen LogP contribution < -0.4 is 4.74 Å². The second-order valence-corrected chi connectivity index (χ2v) is 5.87. The van der Waals surface area contributed by atoms with Crippen molar-refractivity contribution in [2.24, 2.45) is 0 Å². The summed E-state index contributed by atoms with van der Waals surface area (Å²) in [6.45, 7) is 5.43. The third kappa shape index (κ3) is 3.59. The molecule has 0 amide bonds. The Morgan fingerprint density at radius 1 is 1.20 bits per heavy atom. The van der Waals surface area contributed by atoms with Crippen LogP contribution in [-0.4, -0.2) is 15.9 Å². The van der Waals surface area contributed by atoms with Crippen molar-refractivity contribution in [2.45, 2.75) is 20.8 Å². The van der Waals surface area contributed by atoms with Crippen LogP contribution in [0.2, 0.25) is 0 Å². The van der Waals surface area contributed by atoms with Crippen molar-refractivity contribution < 1.29 is 9.53 Å². The molecular formula is C20H17N3O2. The third-order valence-corrected chi connectivity index (χ3v) is 3.93. The Labute approximate surface area is 145 Å². The molecular weight excluding hydrogens is 314 g/mol. The lowest BCUT2D eigenvalue weighted by Gasteiger charge is -2.01. The van der Waals surface area contributed by atoms with Crippen LogP contribution >= 0.6 is 0 Å². The number of H-pyrrole nitrogens is 1. The van der Waals surface area contributed by atoms with Gasteiger partial charge in [-0.25, -0.2) is 4.98 Å². The molecule has 0 radical (unpaired) electrons. The number of esters is 1. The number of nitrogens with one attached hydrogen (secondary N) is 1. The topological polar surface area (TPSA) is 78.8 Å². The summed E-state index contributed by atoms with van der Waals surface area (Å²) >= 11 is 0. The van der Waals surface area contributed by atoms with Gasteiger partial charge in [-0.1, -0.05) is 12.1 Å². The minimum absolute atomic E-state index is 0.367. The molecule has 3 rings (SSSR count). The summed E-state index contributed by atoms with van der Waals surface area (Å²) in [6.07, 6.45) is 1.75. The van der Waals surface area contributed by atoms with Crippen molar-refractivity contribution in [2.75, 3.05) is 0 Å². The lowest BCUT2D eigenvalue weighted by molar-refractivity contribution is -0.131. The largest absolute Gasteiger partial charge is 0.427 e. The van der Waals surface area contributed by atoms with Crippen molar-refractivity contribution in [3.63, 3.8) is 0 Å². The molecule has 1 heterocycles. The first-order chi connectivity index (χ1) is 12.0. The monoisotopic (exact) mass is 331 g/mol. The molecule has 0 saturated heterocycles. The van der Waals surface area contributed by atoms with Crippen LogP contribution in [0.15, 0.2) is 36.4 Å². The van der Waals surface area contributed by atoms with E-state index in [0.29, 0.717) is 17.1 Å². The van der Waals surface area contributed by atoms with Crippen molar-refractivity contribution in [3.8, 4) is 11.8 Å². The van der Waals surface area contributed by atoms with Gasteiger partial charge < -0.3 is 9.72 Å². The quantitative estimate of drug-likeness (QED) is 0.444. The molecule has 3 aromatic rings. The molecule has 5 heteroatoms. The molecule has 0 fully saturated rings. The number of carbonyl (C=O) groups excluding carboxylic acids is 1. The van der Waals surface area contributed by atoms with Crippen molar-refractivity contribution in [1.29, 1.82) is 5.26 Å². The average Bonchev–Trinajstić information content (AvgIpc) is 2.96. The molecule has 0 unspecified atom stereocenters. The van der Waals surface area contributed by atoms with Crippen LogP contribution in [0.3, 0.4) is 0 Å². The fourth-order valence-corrected chi connectivity index (χ4v) is 2.52. The number of aryl methyl sites for hydroxylation is 2. The summed E-state index contributed by atoms with van der Waals surface area (Å²) in [5, 5.41) is 9.50. The number of ether oxygens (including phenoxy) is 1. The fourth-order valence-electron chi connectivity index (χ4n) is 2.52. The molecule has 25 heavy (non-hydrogen) atoms. The van der Waals surface area contributed by atoms with Gasteiger partial charge in [0.2, 0.25) is 0 Å². The summed E-state index contributed by atoms with van der Waals surface area (Å²) < 4.78 is 5.00. The van der Waals surface area contributed by atoms with Crippen LogP contribution in [0, 0.1) is 25.2 Å². The van der Waals surface area contributed by atoms with Crippen molar-refractivity contribution >= 4 is 28.7 Å². The van der Waals surface area contributed by atoms with Crippen LogP contribution in [0.1, 0.15) is 29.4 Å². The minimum atomic E-state index is -0.367. The first kappa shape index (κ1) is 16.5. The number of hydrogen-bond donors (Lipinski definition) is 1. The summed E-state index contributed by atoms with van der Waals surface area (Å²) in [5.41, 5.74) is 5.33. The number of benzene rings is 2. The standard InChI is InChI=1S/C20H17N3O2/c1-12-8-18-19(9-13(12)2)23-20(22-18)16(11-21)10-15-4-6-17(7-5-15)25-14(3)24/h4-10H,1-3H3,(H,22,23). The van der Waals surface area contributed by atoms with Crippen molar-refractivity contribution in [1.82, 2.24) is 9.97 Å². The molecule has 0 spiro atoms. The zero-order valence-corrected chi connectivity index (χ0v) is 14.3. The summed E-state index contributed by atoms with van der Waals surface area (Å²) in [7, 11) is 0. The Hall–Kier alpha value is -3.39. The summed E-state index contributed by atoms with van der Waals surface area (Å²) in [4.78, 5) is 18.7. The fraction of sp³-hybridized carbons (Fsp3) is 0.150. The normalized spacial score (nSPS) is 11.4. The van der Waals surface area contributed by atoms with Gasteiger partial charge in [-0.2, -0.15) is 5.26 Å². The van der Waals surface area contributed by atoms with Gasteiger partial charge in [-0.05, 0) is 60.9 Å². The van der Waals surface area contributed by atoms with Gasteiger partial charge in [-0.3, -0.25) is 4.79 Å². The average molecular weight is 331 g/mol. The predicted octanol–water partition coefficient (Wildman–Crippen LogP) is 4.17. The number of fused-ring (bicyclic) bond motifs is 1. The van der Waals surface area contributed by atoms with Crippen LogP contribution in [-0.2, 0) is 4.79 Å². The second-order valence-electron chi connectivity index (χ2n) is 5.87. The third-order valence-electron chi connectivity index (χ3n) is 3.93. The maximum Gasteiger partial charge on any atom is 0.308 e. The molecule has 2 aromatic carbocycles. The van der Waals surface area contributed by atoms with Gasteiger partial charge in [0.25, 0.3) is 0 Å². The zero-order valence-electron chi connectivity index (χ0n) is 14.3. The van der Waals surface area contributed by atoms with Gasteiger partial charge in [0.05, 0.1) is 16.6 Å².